The summed E-state index contributed by atoms with van der Waals surface area (Å²) >= 11 is 0. The van der Waals surface area contributed by atoms with Crippen molar-refractivity contribution in [1.82, 2.24) is 10.2 Å². The Morgan fingerprint density at radius 1 is 1.38 bits per heavy atom. The number of nitrogens with zero attached hydrogens (tertiary/aromatic N) is 1. The van der Waals surface area contributed by atoms with Gasteiger partial charge in [-0.25, -0.2) is 0 Å². The van der Waals surface area contributed by atoms with Gasteiger partial charge in [-0.05, 0) is 32.6 Å². The van der Waals surface area contributed by atoms with Gasteiger partial charge in [0.15, 0.2) is 0 Å². The van der Waals surface area contributed by atoms with Crippen LogP contribution in [0.5, 0.6) is 0 Å². The van der Waals surface area contributed by atoms with E-state index in [9.17, 15) is 0 Å². The summed E-state index contributed by atoms with van der Waals surface area (Å²) in [6, 6.07) is 0.743. The Morgan fingerprint density at radius 2 is 2.06 bits per heavy atom. The largest absolute Gasteiger partial charge is 0.309 e. The van der Waals surface area contributed by atoms with Gasteiger partial charge in [0.1, 0.15) is 0 Å². The molecular formula is C14H30N2. The lowest BCUT2D eigenvalue weighted by Gasteiger charge is -2.45. The van der Waals surface area contributed by atoms with Gasteiger partial charge < -0.3 is 5.32 Å². The van der Waals surface area contributed by atoms with E-state index in [2.05, 4.69) is 44.8 Å². The van der Waals surface area contributed by atoms with Crippen molar-refractivity contribution in [2.24, 2.45) is 5.92 Å². The molecule has 0 aliphatic carbocycles. The predicted octanol–water partition coefficient (Wildman–Crippen LogP) is 2.89. The van der Waals surface area contributed by atoms with Crippen molar-refractivity contribution >= 4 is 0 Å². The summed E-state index contributed by atoms with van der Waals surface area (Å²) in [6.07, 6.45) is 3.94. The van der Waals surface area contributed by atoms with Crippen molar-refractivity contribution in [3.05, 3.63) is 0 Å². The van der Waals surface area contributed by atoms with Gasteiger partial charge in [0.05, 0.1) is 0 Å². The van der Waals surface area contributed by atoms with Crippen molar-refractivity contribution in [3.8, 4) is 0 Å². The van der Waals surface area contributed by atoms with E-state index < -0.39 is 0 Å². The fraction of sp³-hybridized carbons (Fsp3) is 1.00. The van der Waals surface area contributed by atoms with E-state index >= 15 is 0 Å². The minimum absolute atomic E-state index is 0.289. The Labute approximate surface area is 102 Å². The molecule has 2 nitrogen and oxygen atoms in total. The summed E-state index contributed by atoms with van der Waals surface area (Å²) in [7, 11) is 0. The predicted molar refractivity (Wildman–Crippen MR) is 71.8 cm³/mol. The molecule has 96 valence electrons. The van der Waals surface area contributed by atoms with Gasteiger partial charge in [-0.3, -0.25) is 4.90 Å². The molecule has 0 radical (unpaired) electrons. The monoisotopic (exact) mass is 226 g/mol. The van der Waals surface area contributed by atoms with Crippen LogP contribution in [-0.2, 0) is 0 Å². The lowest BCUT2D eigenvalue weighted by molar-refractivity contribution is 0.0778. The zero-order chi connectivity index (χ0) is 12.2. The summed E-state index contributed by atoms with van der Waals surface area (Å²) in [4.78, 5) is 2.71. The van der Waals surface area contributed by atoms with E-state index in [1.54, 1.807) is 0 Å². The van der Waals surface area contributed by atoms with Crippen LogP contribution in [0.1, 0.15) is 53.9 Å². The second-order valence-electron chi connectivity index (χ2n) is 6.15. The van der Waals surface area contributed by atoms with Gasteiger partial charge >= 0.3 is 0 Å². The molecule has 0 aromatic carbocycles. The fourth-order valence-electron chi connectivity index (χ4n) is 2.82. The Bertz CT molecular complexity index is 201. The summed E-state index contributed by atoms with van der Waals surface area (Å²) in [6.45, 7) is 15.2. The minimum atomic E-state index is 0.289. The maximum atomic E-state index is 3.65. The van der Waals surface area contributed by atoms with Crippen molar-refractivity contribution in [2.45, 2.75) is 65.5 Å². The van der Waals surface area contributed by atoms with Crippen LogP contribution >= 0.6 is 0 Å². The number of piperazine rings is 1. The third-order valence-corrected chi connectivity index (χ3v) is 3.73. The van der Waals surface area contributed by atoms with E-state index in [4.69, 9.17) is 0 Å². The molecular weight excluding hydrogens is 196 g/mol. The molecule has 16 heavy (non-hydrogen) atoms. The first-order chi connectivity index (χ1) is 7.48. The highest BCUT2D eigenvalue weighted by Crippen LogP contribution is 2.19. The Balaban J connectivity index is 2.51. The van der Waals surface area contributed by atoms with Crippen molar-refractivity contribution < 1.29 is 0 Å². The van der Waals surface area contributed by atoms with E-state index in [1.165, 1.54) is 32.4 Å². The van der Waals surface area contributed by atoms with Gasteiger partial charge in [0.25, 0.3) is 0 Å². The normalized spacial score (nSPS) is 27.9. The third kappa shape index (κ3) is 4.06. The summed E-state index contributed by atoms with van der Waals surface area (Å²) < 4.78 is 0. The first kappa shape index (κ1) is 14.0. The molecule has 0 spiro atoms. The standard InChI is InChI=1S/C14H30N2/c1-6-8-12(3)10-16-11-14(4,5)15-9-13(16)7-2/h12-13,15H,6-11H2,1-5H3. The van der Waals surface area contributed by atoms with Crippen LogP contribution in [0.2, 0.25) is 0 Å². The Kier molecular flexibility index (Phi) is 5.26. The van der Waals surface area contributed by atoms with Crippen molar-refractivity contribution in [2.75, 3.05) is 19.6 Å². The molecule has 0 aromatic rings. The molecule has 2 unspecified atom stereocenters. The van der Waals surface area contributed by atoms with Crippen molar-refractivity contribution in [1.29, 1.82) is 0 Å². The second kappa shape index (κ2) is 6.02. The third-order valence-electron chi connectivity index (χ3n) is 3.73. The molecule has 0 aromatic heterocycles. The first-order valence-corrected chi connectivity index (χ1v) is 6.97. The molecule has 0 amide bonds. The SMILES string of the molecule is CCCC(C)CN1CC(C)(C)NCC1CC. The number of rotatable bonds is 5. The zero-order valence-electron chi connectivity index (χ0n) is 11.8. The van der Waals surface area contributed by atoms with Crippen LogP contribution in [-0.4, -0.2) is 36.1 Å². The van der Waals surface area contributed by atoms with Crippen LogP contribution in [0.25, 0.3) is 0 Å². The molecule has 0 bridgehead atoms. The average molecular weight is 226 g/mol. The molecule has 1 saturated heterocycles. The average Bonchev–Trinajstić information content (AvgIpc) is 2.17. The smallest absolute Gasteiger partial charge is 0.0252 e. The van der Waals surface area contributed by atoms with Crippen LogP contribution in [0.4, 0.5) is 0 Å². The van der Waals surface area contributed by atoms with E-state index in [-0.39, 0.29) is 5.54 Å². The summed E-state index contributed by atoms with van der Waals surface area (Å²) in [5.74, 6) is 0.841. The maximum absolute atomic E-state index is 3.65. The quantitative estimate of drug-likeness (QED) is 0.775. The molecule has 1 heterocycles. The Morgan fingerprint density at radius 3 is 2.62 bits per heavy atom. The molecule has 1 fully saturated rings. The van der Waals surface area contributed by atoms with Crippen LogP contribution in [0.3, 0.4) is 0 Å². The van der Waals surface area contributed by atoms with Gasteiger partial charge in [0.2, 0.25) is 0 Å². The topological polar surface area (TPSA) is 15.3 Å². The highest BCUT2D eigenvalue weighted by molar-refractivity contribution is 4.92. The molecule has 1 rings (SSSR count). The van der Waals surface area contributed by atoms with Crippen LogP contribution in [0, 0.1) is 5.92 Å². The lowest BCUT2D eigenvalue weighted by Crippen LogP contribution is -2.61. The van der Waals surface area contributed by atoms with Crippen LogP contribution < -0.4 is 5.32 Å². The molecule has 0 saturated carbocycles. The highest BCUT2D eigenvalue weighted by Gasteiger charge is 2.31. The van der Waals surface area contributed by atoms with Gasteiger partial charge in [-0.15, -0.1) is 0 Å². The molecule has 2 atom stereocenters. The maximum Gasteiger partial charge on any atom is 0.0252 e. The van der Waals surface area contributed by atoms with Gasteiger partial charge in [-0.2, -0.15) is 0 Å². The summed E-state index contributed by atoms with van der Waals surface area (Å²) in [5, 5.41) is 3.65. The van der Waals surface area contributed by atoms with Crippen molar-refractivity contribution in [3.63, 3.8) is 0 Å². The zero-order valence-corrected chi connectivity index (χ0v) is 11.8. The molecule has 1 aliphatic heterocycles. The van der Waals surface area contributed by atoms with E-state index in [0.717, 1.165) is 18.5 Å². The molecule has 1 N–H and O–H groups in total. The van der Waals surface area contributed by atoms with Gasteiger partial charge in [0, 0.05) is 31.2 Å². The first-order valence-electron chi connectivity index (χ1n) is 6.97. The summed E-state index contributed by atoms with van der Waals surface area (Å²) in [5.41, 5.74) is 0.289. The van der Waals surface area contributed by atoms with E-state index in [0.29, 0.717) is 0 Å². The minimum Gasteiger partial charge on any atom is -0.309 e. The van der Waals surface area contributed by atoms with E-state index in [1.807, 2.05) is 0 Å². The number of hydrogen-bond acceptors (Lipinski definition) is 2. The number of nitrogens with one attached hydrogen (secondary N) is 1. The molecule has 2 heteroatoms. The Hall–Kier alpha value is -0.0800. The highest BCUT2D eigenvalue weighted by atomic mass is 15.2. The lowest BCUT2D eigenvalue weighted by atomic mass is 9.95. The molecule has 1 aliphatic rings. The van der Waals surface area contributed by atoms with Crippen LogP contribution in [0.15, 0.2) is 0 Å². The second-order valence-corrected chi connectivity index (χ2v) is 6.15. The number of hydrogen-bond donors (Lipinski definition) is 1. The van der Waals surface area contributed by atoms with Gasteiger partial charge in [-0.1, -0.05) is 27.2 Å². The fourth-order valence-corrected chi connectivity index (χ4v) is 2.82.